The van der Waals surface area contributed by atoms with Crippen LogP contribution in [0.15, 0.2) is 47.4 Å². The number of rotatable bonds is 3. The molecule has 3 nitrogen and oxygen atoms in total. The van der Waals surface area contributed by atoms with E-state index in [-0.39, 0.29) is 11.8 Å². The average molecular weight is 221 g/mol. The highest BCUT2D eigenvalue weighted by molar-refractivity contribution is 7.98. The Labute approximate surface area is 92.0 Å². The Bertz CT molecular complexity index is 420. The van der Waals surface area contributed by atoms with Crippen LogP contribution in [-0.4, -0.2) is 14.8 Å². The molecule has 1 aromatic heterocycles. The van der Waals surface area contributed by atoms with Gasteiger partial charge in [-0.25, -0.2) is 0 Å². The summed E-state index contributed by atoms with van der Waals surface area (Å²) in [6, 6.07) is 12.8. The van der Waals surface area contributed by atoms with Crippen molar-refractivity contribution in [3.8, 4) is 11.8 Å². The quantitative estimate of drug-likeness (QED) is 0.783. The lowest BCUT2D eigenvalue weighted by Gasteiger charge is -2.05. The lowest BCUT2D eigenvalue weighted by molar-refractivity contribution is 0.385. The monoisotopic (exact) mass is 221 g/mol. The van der Waals surface area contributed by atoms with Gasteiger partial charge in [0.15, 0.2) is 11.8 Å². The summed E-state index contributed by atoms with van der Waals surface area (Å²) in [5, 5.41) is 18.8. The largest absolute Gasteiger partial charge is 0.494 e. The zero-order valence-corrected chi connectivity index (χ0v) is 8.81. The summed E-state index contributed by atoms with van der Waals surface area (Å²) in [7, 11) is 0. The smallest absolute Gasteiger partial charge is 0.194 e. The van der Waals surface area contributed by atoms with Crippen LogP contribution >= 0.6 is 11.8 Å². The van der Waals surface area contributed by atoms with Crippen LogP contribution in [-0.2, 0) is 5.88 Å². The molecule has 2 rings (SSSR count). The molecule has 0 aliphatic rings. The molecule has 0 aliphatic heterocycles. The Balaban J connectivity index is 2.05. The predicted octanol–water partition coefficient (Wildman–Crippen LogP) is 2.65. The van der Waals surface area contributed by atoms with E-state index in [9.17, 15) is 10.2 Å². The van der Waals surface area contributed by atoms with Gasteiger partial charge in [-0.05, 0) is 12.1 Å². The van der Waals surface area contributed by atoms with Crippen LogP contribution in [0.1, 0.15) is 0 Å². The molecule has 0 atom stereocenters. The van der Waals surface area contributed by atoms with Crippen molar-refractivity contribution in [3.05, 3.63) is 42.5 Å². The fourth-order valence-corrected chi connectivity index (χ4v) is 2.13. The molecule has 0 bridgehead atoms. The molecule has 0 aliphatic carbocycles. The molecule has 1 aromatic carbocycles. The van der Waals surface area contributed by atoms with Gasteiger partial charge in [0.05, 0.1) is 5.88 Å². The van der Waals surface area contributed by atoms with E-state index < -0.39 is 0 Å². The van der Waals surface area contributed by atoms with E-state index in [2.05, 4.69) is 0 Å². The van der Waals surface area contributed by atoms with Crippen LogP contribution in [0.2, 0.25) is 0 Å². The first kappa shape index (κ1) is 9.98. The van der Waals surface area contributed by atoms with Crippen LogP contribution in [0.25, 0.3) is 0 Å². The number of benzene rings is 1. The normalized spacial score (nSPS) is 10.4. The maximum atomic E-state index is 9.40. The Morgan fingerprint density at radius 1 is 0.933 bits per heavy atom. The minimum Gasteiger partial charge on any atom is -0.494 e. The number of aromatic nitrogens is 1. The summed E-state index contributed by atoms with van der Waals surface area (Å²) in [4.78, 5) is 1.10. The molecule has 15 heavy (non-hydrogen) atoms. The summed E-state index contributed by atoms with van der Waals surface area (Å²) in [5.74, 6) is 0.654. The van der Waals surface area contributed by atoms with Gasteiger partial charge in [-0.3, -0.25) is 4.57 Å². The molecular formula is C11H11NO2S. The number of nitrogens with zero attached hydrogens (tertiary/aromatic N) is 1. The lowest BCUT2D eigenvalue weighted by Crippen LogP contribution is -1.92. The van der Waals surface area contributed by atoms with Crippen molar-refractivity contribution in [3.63, 3.8) is 0 Å². The van der Waals surface area contributed by atoms with Crippen molar-refractivity contribution in [2.75, 3.05) is 0 Å². The van der Waals surface area contributed by atoms with Gasteiger partial charge in [-0.1, -0.05) is 18.2 Å². The number of thioether (sulfide) groups is 1. The van der Waals surface area contributed by atoms with E-state index in [4.69, 9.17) is 0 Å². The fourth-order valence-electron chi connectivity index (χ4n) is 1.23. The Morgan fingerprint density at radius 3 is 2.13 bits per heavy atom. The third kappa shape index (κ3) is 2.27. The van der Waals surface area contributed by atoms with E-state index >= 15 is 0 Å². The molecule has 0 saturated carbocycles. The van der Waals surface area contributed by atoms with Crippen molar-refractivity contribution in [2.24, 2.45) is 0 Å². The van der Waals surface area contributed by atoms with Crippen molar-refractivity contribution < 1.29 is 10.2 Å². The molecule has 0 fully saturated rings. The van der Waals surface area contributed by atoms with Crippen LogP contribution in [0.3, 0.4) is 0 Å². The van der Waals surface area contributed by atoms with Gasteiger partial charge < -0.3 is 10.2 Å². The minimum atomic E-state index is 0.0796. The van der Waals surface area contributed by atoms with Crippen molar-refractivity contribution in [2.45, 2.75) is 10.8 Å². The molecule has 4 heteroatoms. The van der Waals surface area contributed by atoms with Crippen LogP contribution in [0.4, 0.5) is 0 Å². The third-order valence-electron chi connectivity index (χ3n) is 2.04. The van der Waals surface area contributed by atoms with E-state index in [1.165, 1.54) is 16.7 Å². The summed E-state index contributed by atoms with van der Waals surface area (Å²) in [6.07, 6.45) is 0. The maximum absolute atomic E-state index is 9.40. The molecule has 0 unspecified atom stereocenters. The third-order valence-corrected chi connectivity index (χ3v) is 3.03. The van der Waals surface area contributed by atoms with E-state index in [1.54, 1.807) is 11.8 Å². The standard InChI is InChI=1S/C11H11NO2S/c13-10-6-7-11(14)12(10)8-15-9-4-2-1-3-5-9/h1-7,13-14H,8H2. The molecule has 0 radical (unpaired) electrons. The summed E-state index contributed by atoms with van der Waals surface area (Å²) < 4.78 is 1.44. The molecule has 78 valence electrons. The van der Waals surface area contributed by atoms with Gasteiger partial charge in [0, 0.05) is 17.0 Å². The molecule has 2 aromatic rings. The van der Waals surface area contributed by atoms with E-state index in [0.29, 0.717) is 5.88 Å². The van der Waals surface area contributed by atoms with Gasteiger partial charge in [0.2, 0.25) is 0 Å². The number of hydrogen-bond donors (Lipinski definition) is 2. The first-order chi connectivity index (χ1) is 7.27. The van der Waals surface area contributed by atoms with Crippen molar-refractivity contribution in [1.29, 1.82) is 0 Å². The molecule has 2 N–H and O–H groups in total. The molecule has 0 amide bonds. The van der Waals surface area contributed by atoms with E-state index in [1.807, 2.05) is 30.3 Å². The maximum Gasteiger partial charge on any atom is 0.194 e. The topological polar surface area (TPSA) is 45.4 Å². The summed E-state index contributed by atoms with van der Waals surface area (Å²) >= 11 is 1.55. The summed E-state index contributed by atoms with van der Waals surface area (Å²) in [5.41, 5.74) is 0. The average Bonchev–Trinajstić information content (AvgIpc) is 2.58. The second-order valence-electron chi connectivity index (χ2n) is 3.06. The van der Waals surface area contributed by atoms with E-state index in [0.717, 1.165) is 4.90 Å². The Kier molecular flexibility index (Phi) is 2.87. The molecule has 0 saturated heterocycles. The lowest BCUT2D eigenvalue weighted by atomic mass is 10.4. The second-order valence-corrected chi connectivity index (χ2v) is 4.08. The van der Waals surface area contributed by atoms with Gasteiger partial charge >= 0.3 is 0 Å². The Morgan fingerprint density at radius 2 is 1.53 bits per heavy atom. The molecular weight excluding hydrogens is 210 g/mol. The minimum absolute atomic E-state index is 0.0796. The SMILES string of the molecule is Oc1ccc(O)n1CSc1ccccc1. The fraction of sp³-hybridized carbons (Fsp3) is 0.0909. The van der Waals surface area contributed by atoms with Gasteiger partial charge in [-0.15, -0.1) is 11.8 Å². The zero-order valence-electron chi connectivity index (χ0n) is 8.00. The van der Waals surface area contributed by atoms with Gasteiger partial charge in [-0.2, -0.15) is 0 Å². The predicted molar refractivity (Wildman–Crippen MR) is 60.1 cm³/mol. The van der Waals surface area contributed by atoms with Crippen molar-refractivity contribution >= 4 is 11.8 Å². The number of hydrogen-bond acceptors (Lipinski definition) is 3. The number of aromatic hydroxyl groups is 2. The molecule has 1 heterocycles. The Hall–Kier alpha value is -1.55. The first-order valence-corrected chi connectivity index (χ1v) is 5.51. The van der Waals surface area contributed by atoms with Gasteiger partial charge in [0.1, 0.15) is 0 Å². The van der Waals surface area contributed by atoms with Crippen LogP contribution < -0.4 is 0 Å². The highest BCUT2D eigenvalue weighted by Crippen LogP contribution is 2.27. The van der Waals surface area contributed by atoms with Crippen molar-refractivity contribution in [1.82, 2.24) is 4.57 Å². The highest BCUT2D eigenvalue weighted by atomic mass is 32.2. The zero-order chi connectivity index (χ0) is 10.7. The van der Waals surface area contributed by atoms with Gasteiger partial charge in [0.25, 0.3) is 0 Å². The highest BCUT2D eigenvalue weighted by Gasteiger charge is 2.05. The van der Waals surface area contributed by atoms with Crippen LogP contribution in [0, 0.1) is 0 Å². The first-order valence-electron chi connectivity index (χ1n) is 4.52. The molecule has 0 spiro atoms. The second kappa shape index (κ2) is 4.31. The summed E-state index contributed by atoms with van der Waals surface area (Å²) in [6.45, 7) is 0. The van der Waals surface area contributed by atoms with Crippen LogP contribution in [0.5, 0.6) is 11.8 Å².